The summed E-state index contributed by atoms with van der Waals surface area (Å²) in [6, 6.07) is 25.6. The lowest BCUT2D eigenvalue weighted by atomic mass is 10.2. The molecule has 1 aliphatic rings. The van der Waals surface area contributed by atoms with Crippen LogP contribution in [0.3, 0.4) is 0 Å². The molecule has 0 N–H and O–H groups in total. The van der Waals surface area contributed by atoms with Crippen molar-refractivity contribution in [3.05, 3.63) is 85.1 Å². The van der Waals surface area contributed by atoms with E-state index in [1.165, 1.54) is 0 Å². The van der Waals surface area contributed by atoms with Gasteiger partial charge in [-0.15, -0.1) is 5.10 Å². The number of carbonyl (C=O) groups is 1. The highest BCUT2D eigenvalue weighted by atomic mass is 16.2. The van der Waals surface area contributed by atoms with Crippen LogP contribution in [0.15, 0.2) is 85.1 Å². The summed E-state index contributed by atoms with van der Waals surface area (Å²) in [7, 11) is 0. The van der Waals surface area contributed by atoms with E-state index in [2.05, 4.69) is 9.88 Å². The Morgan fingerprint density at radius 2 is 1.44 bits per heavy atom. The first-order valence-electron chi connectivity index (χ1n) is 10.8. The zero-order valence-electron chi connectivity index (χ0n) is 17.7. The summed E-state index contributed by atoms with van der Waals surface area (Å²) >= 11 is 0. The second kappa shape index (κ2) is 9.01. The highest BCUT2D eigenvalue weighted by Crippen LogP contribution is 2.22. The van der Waals surface area contributed by atoms with Gasteiger partial charge in [0.15, 0.2) is 11.6 Å². The summed E-state index contributed by atoms with van der Waals surface area (Å²) in [6.45, 7) is 3.02. The van der Waals surface area contributed by atoms with Crippen molar-refractivity contribution in [3.63, 3.8) is 0 Å². The molecule has 0 spiro atoms. The van der Waals surface area contributed by atoms with E-state index in [9.17, 15) is 4.79 Å². The topological polar surface area (TPSA) is 67.2 Å². The van der Waals surface area contributed by atoms with Crippen LogP contribution in [0.25, 0.3) is 22.8 Å². The fourth-order valence-electron chi connectivity index (χ4n) is 3.92. The third-order valence-electron chi connectivity index (χ3n) is 5.63. The Hall–Kier alpha value is -4.00. The van der Waals surface area contributed by atoms with Crippen LogP contribution in [0.5, 0.6) is 0 Å². The van der Waals surface area contributed by atoms with Crippen molar-refractivity contribution < 1.29 is 4.79 Å². The molecule has 1 fully saturated rings. The molecule has 0 atom stereocenters. The number of hydrogen-bond acceptors (Lipinski definition) is 5. The van der Waals surface area contributed by atoms with E-state index in [0.29, 0.717) is 24.7 Å². The van der Waals surface area contributed by atoms with Gasteiger partial charge in [0, 0.05) is 43.5 Å². The summed E-state index contributed by atoms with van der Waals surface area (Å²) in [5.41, 5.74) is 1.87. The Morgan fingerprint density at radius 3 is 2.09 bits per heavy atom. The zero-order chi connectivity index (χ0) is 21.8. The lowest BCUT2D eigenvalue weighted by Crippen LogP contribution is -2.49. The van der Waals surface area contributed by atoms with Gasteiger partial charge in [-0.2, -0.15) is 0 Å². The zero-order valence-corrected chi connectivity index (χ0v) is 17.7. The van der Waals surface area contributed by atoms with E-state index < -0.39 is 0 Å². The van der Waals surface area contributed by atoms with Gasteiger partial charge in [0.05, 0.1) is 0 Å². The Bertz CT molecular complexity index is 1170. The molecule has 7 nitrogen and oxygen atoms in total. The standard InChI is InChI=1S/C25H24N6O/c32-23(30-17-15-29(16-18-30)22-13-7-8-14-26-22)19-31-25(21-11-5-2-6-12-21)27-24(28-31)20-9-3-1-4-10-20/h1-14H,15-19H2. The molecule has 0 unspecified atom stereocenters. The van der Waals surface area contributed by atoms with Crippen molar-refractivity contribution in [2.45, 2.75) is 6.54 Å². The van der Waals surface area contributed by atoms with Crippen LogP contribution in [-0.2, 0) is 11.3 Å². The van der Waals surface area contributed by atoms with Crippen molar-refractivity contribution in [1.29, 1.82) is 0 Å². The number of amides is 1. The summed E-state index contributed by atoms with van der Waals surface area (Å²) in [5.74, 6) is 2.32. The molecule has 7 heteroatoms. The van der Waals surface area contributed by atoms with Crippen molar-refractivity contribution in [2.24, 2.45) is 0 Å². The van der Waals surface area contributed by atoms with Gasteiger partial charge in [0.2, 0.25) is 5.91 Å². The summed E-state index contributed by atoms with van der Waals surface area (Å²) < 4.78 is 1.73. The van der Waals surface area contributed by atoms with Gasteiger partial charge < -0.3 is 9.80 Å². The van der Waals surface area contributed by atoms with Crippen molar-refractivity contribution in [3.8, 4) is 22.8 Å². The van der Waals surface area contributed by atoms with Gasteiger partial charge >= 0.3 is 0 Å². The van der Waals surface area contributed by atoms with Crippen molar-refractivity contribution in [2.75, 3.05) is 31.1 Å². The molecule has 0 saturated carbocycles. The first-order chi connectivity index (χ1) is 15.8. The van der Waals surface area contributed by atoms with Crippen LogP contribution in [0.2, 0.25) is 0 Å². The van der Waals surface area contributed by atoms with Gasteiger partial charge in [0.25, 0.3) is 0 Å². The Kier molecular flexibility index (Phi) is 5.61. The van der Waals surface area contributed by atoms with Crippen molar-refractivity contribution >= 4 is 11.7 Å². The number of anilines is 1. The fourth-order valence-corrected chi connectivity index (χ4v) is 3.92. The third kappa shape index (κ3) is 4.23. The number of pyridine rings is 1. The summed E-state index contributed by atoms with van der Waals surface area (Å²) in [5, 5.41) is 4.69. The van der Waals surface area contributed by atoms with Gasteiger partial charge in [-0.25, -0.2) is 14.6 Å². The SMILES string of the molecule is O=C(Cn1nc(-c2ccccc2)nc1-c1ccccc1)N1CCN(c2ccccn2)CC1. The number of hydrogen-bond donors (Lipinski definition) is 0. The van der Waals surface area contributed by atoms with E-state index >= 15 is 0 Å². The number of rotatable bonds is 5. The smallest absolute Gasteiger partial charge is 0.244 e. The highest BCUT2D eigenvalue weighted by molar-refractivity contribution is 5.77. The Balaban J connectivity index is 1.34. The summed E-state index contributed by atoms with van der Waals surface area (Å²) in [6.07, 6.45) is 1.80. The van der Waals surface area contributed by atoms with E-state index in [-0.39, 0.29) is 12.5 Å². The van der Waals surface area contributed by atoms with Gasteiger partial charge in [-0.05, 0) is 12.1 Å². The second-order valence-electron chi connectivity index (χ2n) is 7.70. The molecule has 1 amide bonds. The maximum atomic E-state index is 13.1. The largest absolute Gasteiger partial charge is 0.353 e. The number of aromatic nitrogens is 4. The molecule has 4 aromatic rings. The van der Waals surface area contributed by atoms with Crippen LogP contribution in [0.4, 0.5) is 5.82 Å². The number of nitrogens with zero attached hydrogens (tertiary/aromatic N) is 6. The molecule has 2 aromatic heterocycles. The van der Waals surface area contributed by atoms with Crippen LogP contribution in [0.1, 0.15) is 0 Å². The monoisotopic (exact) mass is 424 g/mol. The first-order valence-corrected chi connectivity index (χ1v) is 10.8. The van der Waals surface area contributed by atoms with E-state index in [0.717, 1.165) is 30.0 Å². The maximum Gasteiger partial charge on any atom is 0.244 e. The summed E-state index contributed by atoms with van der Waals surface area (Å²) in [4.78, 5) is 26.4. The number of benzene rings is 2. The van der Waals surface area contributed by atoms with Gasteiger partial charge in [-0.3, -0.25) is 4.79 Å². The van der Waals surface area contributed by atoms with Crippen LogP contribution in [-0.4, -0.2) is 56.7 Å². The third-order valence-corrected chi connectivity index (χ3v) is 5.63. The van der Waals surface area contributed by atoms with Gasteiger partial charge in [0.1, 0.15) is 12.4 Å². The minimum atomic E-state index is 0.0485. The van der Waals surface area contributed by atoms with Crippen molar-refractivity contribution in [1.82, 2.24) is 24.6 Å². The predicted octanol–water partition coefficient (Wildman–Crippen LogP) is 3.36. The first kappa shape index (κ1) is 19.9. The Labute approximate surface area is 187 Å². The Morgan fingerprint density at radius 1 is 0.781 bits per heavy atom. The molecule has 0 bridgehead atoms. The normalized spacial score (nSPS) is 13.9. The average molecular weight is 425 g/mol. The second-order valence-corrected chi connectivity index (χ2v) is 7.70. The lowest BCUT2D eigenvalue weighted by Gasteiger charge is -2.35. The average Bonchev–Trinajstić information content (AvgIpc) is 3.29. The predicted molar refractivity (Wildman–Crippen MR) is 124 cm³/mol. The number of carbonyl (C=O) groups excluding carboxylic acids is 1. The molecule has 32 heavy (non-hydrogen) atoms. The molecule has 5 rings (SSSR count). The minimum Gasteiger partial charge on any atom is -0.353 e. The molecular weight excluding hydrogens is 400 g/mol. The molecule has 2 aromatic carbocycles. The minimum absolute atomic E-state index is 0.0485. The number of piperazine rings is 1. The fraction of sp³-hybridized carbons (Fsp3) is 0.200. The molecule has 3 heterocycles. The highest BCUT2D eigenvalue weighted by Gasteiger charge is 2.24. The molecule has 0 radical (unpaired) electrons. The molecule has 0 aliphatic carbocycles. The molecule has 160 valence electrons. The van der Waals surface area contributed by atoms with E-state index in [1.54, 1.807) is 10.9 Å². The quantitative estimate of drug-likeness (QED) is 0.492. The molecular formula is C25H24N6O. The van der Waals surface area contributed by atoms with Crippen LogP contribution in [0, 0.1) is 0 Å². The molecule has 1 saturated heterocycles. The van der Waals surface area contributed by atoms with E-state index in [1.807, 2.05) is 83.8 Å². The lowest BCUT2D eigenvalue weighted by molar-refractivity contribution is -0.132. The van der Waals surface area contributed by atoms with Crippen LogP contribution >= 0.6 is 0 Å². The van der Waals surface area contributed by atoms with Crippen LogP contribution < -0.4 is 4.90 Å². The molecule has 1 aliphatic heterocycles. The maximum absolute atomic E-state index is 13.1. The van der Waals surface area contributed by atoms with E-state index in [4.69, 9.17) is 10.1 Å². The van der Waals surface area contributed by atoms with Gasteiger partial charge in [-0.1, -0.05) is 66.7 Å².